The van der Waals surface area contributed by atoms with E-state index in [-0.39, 0.29) is 5.91 Å². The molecule has 8 heteroatoms. The first-order valence-electron chi connectivity index (χ1n) is 8.56. The van der Waals surface area contributed by atoms with E-state index < -0.39 is 0 Å². The molecule has 1 aromatic heterocycles. The van der Waals surface area contributed by atoms with Crippen molar-refractivity contribution in [2.45, 2.75) is 20.4 Å². The van der Waals surface area contributed by atoms with Crippen molar-refractivity contribution in [2.75, 3.05) is 7.11 Å². The Morgan fingerprint density at radius 2 is 1.86 bits per heavy atom. The number of carbonyl (C=O) groups is 1. The summed E-state index contributed by atoms with van der Waals surface area (Å²) in [4.78, 5) is 14.0. The highest BCUT2D eigenvalue weighted by molar-refractivity contribution is 6.30. The van der Waals surface area contributed by atoms with Crippen LogP contribution in [0.5, 0.6) is 5.75 Å². The molecule has 2 N–H and O–H groups in total. The number of ether oxygens (including phenoxy) is 1. The Morgan fingerprint density at radius 3 is 2.50 bits per heavy atom. The maximum Gasteiger partial charge on any atom is 0.214 e. The molecular formula is C20H20ClN5O2. The number of nitrogens with zero attached hydrogens (tertiary/aromatic N) is 4. The molecule has 1 amide bonds. The van der Waals surface area contributed by atoms with E-state index in [0.717, 1.165) is 39.9 Å². The highest BCUT2D eigenvalue weighted by Crippen LogP contribution is 2.29. The lowest BCUT2D eigenvalue weighted by atomic mass is 10.00. The SMILES string of the molecule is CC(N)=O.COc1ccc2c(c1)C(c1ccc(Cl)cc1)=NCc1nnc(C)n1-2. The Kier molecular flexibility index (Phi) is 5.75. The zero-order valence-electron chi connectivity index (χ0n) is 15.8. The number of carbonyl (C=O) groups excluding carboxylic acids is 1. The third-order valence-electron chi connectivity index (χ3n) is 4.09. The third kappa shape index (κ3) is 4.04. The number of aryl methyl sites for hydroxylation is 1. The van der Waals surface area contributed by atoms with E-state index in [1.165, 1.54) is 6.92 Å². The molecule has 144 valence electrons. The number of rotatable bonds is 2. The first-order valence-corrected chi connectivity index (χ1v) is 8.94. The van der Waals surface area contributed by atoms with Gasteiger partial charge in [-0.15, -0.1) is 10.2 Å². The minimum Gasteiger partial charge on any atom is -0.497 e. The molecule has 7 nitrogen and oxygen atoms in total. The molecule has 4 rings (SSSR count). The summed E-state index contributed by atoms with van der Waals surface area (Å²) >= 11 is 6.02. The molecule has 0 unspecified atom stereocenters. The molecule has 0 saturated heterocycles. The number of methoxy groups -OCH3 is 1. The summed E-state index contributed by atoms with van der Waals surface area (Å²) in [5.74, 6) is 2.11. The first-order chi connectivity index (χ1) is 13.4. The molecule has 2 heterocycles. The number of fused-ring (bicyclic) bond motifs is 3. The minimum absolute atomic E-state index is 0.333. The van der Waals surface area contributed by atoms with Crippen molar-refractivity contribution in [3.05, 3.63) is 70.3 Å². The molecule has 0 bridgehead atoms. The van der Waals surface area contributed by atoms with E-state index in [0.29, 0.717) is 11.6 Å². The molecule has 1 aliphatic heterocycles. The van der Waals surface area contributed by atoms with Crippen molar-refractivity contribution < 1.29 is 9.53 Å². The fraction of sp³-hybridized carbons (Fsp3) is 0.200. The van der Waals surface area contributed by atoms with Crippen LogP contribution in [0.1, 0.15) is 29.7 Å². The van der Waals surface area contributed by atoms with Gasteiger partial charge in [-0.3, -0.25) is 14.4 Å². The summed E-state index contributed by atoms with van der Waals surface area (Å²) in [7, 11) is 1.66. The van der Waals surface area contributed by atoms with E-state index >= 15 is 0 Å². The van der Waals surface area contributed by atoms with Crippen LogP contribution in [0, 0.1) is 6.92 Å². The van der Waals surface area contributed by atoms with Crippen LogP contribution in [0.3, 0.4) is 0 Å². The van der Waals surface area contributed by atoms with Gasteiger partial charge in [0, 0.05) is 23.1 Å². The predicted molar refractivity (Wildman–Crippen MR) is 108 cm³/mol. The van der Waals surface area contributed by atoms with Gasteiger partial charge in [0.05, 0.1) is 18.5 Å². The number of primary amides is 1. The monoisotopic (exact) mass is 397 g/mol. The lowest BCUT2D eigenvalue weighted by Gasteiger charge is -2.14. The van der Waals surface area contributed by atoms with Crippen LogP contribution < -0.4 is 10.5 Å². The molecule has 0 spiro atoms. The van der Waals surface area contributed by atoms with E-state index in [2.05, 4.69) is 15.9 Å². The Morgan fingerprint density at radius 1 is 1.18 bits per heavy atom. The maximum absolute atomic E-state index is 9.22. The summed E-state index contributed by atoms with van der Waals surface area (Å²) in [6.45, 7) is 3.72. The van der Waals surface area contributed by atoms with Gasteiger partial charge in [0.2, 0.25) is 5.91 Å². The van der Waals surface area contributed by atoms with Crippen LogP contribution >= 0.6 is 11.6 Å². The van der Waals surface area contributed by atoms with Gasteiger partial charge in [0.25, 0.3) is 0 Å². The topological polar surface area (TPSA) is 95.4 Å². The number of aromatic nitrogens is 3. The predicted octanol–water partition coefficient (Wildman–Crippen LogP) is 3.08. The molecule has 0 radical (unpaired) electrons. The van der Waals surface area contributed by atoms with Gasteiger partial charge in [0.1, 0.15) is 18.1 Å². The number of amides is 1. The second kappa shape index (κ2) is 8.22. The Bertz CT molecular complexity index is 1040. The molecule has 0 fully saturated rings. The number of aliphatic imine (C=N–C) groups is 1. The zero-order chi connectivity index (χ0) is 20.3. The van der Waals surface area contributed by atoms with Gasteiger partial charge >= 0.3 is 0 Å². The zero-order valence-corrected chi connectivity index (χ0v) is 16.6. The van der Waals surface area contributed by atoms with Crippen LogP contribution in [0.2, 0.25) is 5.02 Å². The van der Waals surface area contributed by atoms with Crippen molar-refractivity contribution in [3.63, 3.8) is 0 Å². The van der Waals surface area contributed by atoms with Crippen molar-refractivity contribution >= 4 is 23.2 Å². The molecular weight excluding hydrogens is 378 g/mol. The molecule has 28 heavy (non-hydrogen) atoms. The lowest BCUT2D eigenvalue weighted by molar-refractivity contribution is -0.115. The summed E-state index contributed by atoms with van der Waals surface area (Å²) in [6, 6.07) is 13.6. The van der Waals surface area contributed by atoms with Crippen molar-refractivity contribution in [2.24, 2.45) is 10.7 Å². The van der Waals surface area contributed by atoms with Crippen LogP contribution in [0.25, 0.3) is 5.69 Å². The lowest BCUT2D eigenvalue weighted by Crippen LogP contribution is -2.08. The fourth-order valence-electron chi connectivity index (χ4n) is 2.94. The fourth-order valence-corrected chi connectivity index (χ4v) is 3.06. The van der Waals surface area contributed by atoms with Gasteiger partial charge in [-0.2, -0.15) is 0 Å². The van der Waals surface area contributed by atoms with Crippen LogP contribution in [0.15, 0.2) is 47.5 Å². The third-order valence-corrected chi connectivity index (χ3v) is 4.34. The van der Waals surface area contributed by atoms with Gasteiger partial charge in [-0.25, -0.2) is 0 Å². The number of benzene rings is 2. The highest BCUT2D eigenvalue weighted by Gasteiger charge is 2.22. The quantitative estimate of drug-likeness (QED) is 0.718. The van der Waals surface area contributed by atoms with E-state index in [4.69, 9.17) is 21.3 Å². The number of halogens is 1. The summed E-state index contributed by atoms with van der Waals surface area (Å²) in [6.07, 6.45) is 0. The largest absolute Gasteiger partial charge is 0.497 e. The highest BCUT2D eigenvalue weighted by atomic mass is 35.5. The van der Waals surface area contributed by atoms with Crippen molar-refractivity contribution in [1.82, 2.24) is 14.8 Å². The minimum atomic E-state index is -0.333. The van der Waals surface area contributed by atoms with Gasteiger partial charge in [-0.05, 0) is 37.3 Å². The normalized spacial score (nSPS) is 11.9. The first kappa shape index (κ1) is 19.6. The number of hydrogen-bond acceptors (Lipinski definition) is 5. The second-order valence-electron chi connectivity index (χ2n) is 6.16. The average Bonchev–Trinajstić information content (AvgIpc) is 2.94. The Hall–Kier alpha value is -3.19. The standard InChI is InChI=1S/C18H15ClN4O.C2H5NO/c1-11-21-22-17-10-20-18(12-3-5-13(19)6-4-12)15-9-14(24-2)7-8-16(15)23(11)17;1-2(3)4/h3-9H,10H2,1-2H3;1H3,(H2,3,4). The average molecular weight is 398 g/mol. The van der Waals surface area contributed by atoms with E-state index in [1.807, 2.05) is 54.0 Å². The van der Waals surface area contributed by atoms with Crippen LogP contribution in [-0.2, 0) is 11.3 Å². The summed E-state index contributed by atoms with van der Waals surface area (Å²) < 4.78 is 7.45. The molecule has 2 aromatic carbocycles. The Balaban J connectivity index is 0.000000516. The van der Waals surface area contributed by atoms with Gasteiger partial charge in [-0.1, -0.05) is 23.7 Å². The molecule has 3 aromatic rings. The summed E-state index contributed by atoms with van der Waals surface area (Å²) in [5, 5.41) is 9.14. The van der Waals surface area contributed by atoms with Crippen LogP contribution in [0.4, 0.5) is 0 Å². The smallest absolute Gasteiger partial charge is 0.214 e. The van der Waals surface area contributed by atoms with E-state index in [1.54, 1.807) is 7.11 Å². The number of hydrogen-bond donors (Lipinski definition) is 1. The molecule has 0 saturated carbocycles. The van der Waals surface area contributed by atoms with Crippen molar-refractivity contribution in [3.8, 4) is 11.4 Å². The molecule has 0 atom stereocenters. The second-order valence-corrected chi connectivity index (χ2v) is 6.60. The summed E-state index contributed by atoms with van der Waals surface area (Å²) in [5.41, 5.74) is 8.36. The molecule has 0 aliphatic carbocycles. The van der Waals surface area contributed by atoms with Gasteiger partial charge in [0.15, 0.2) is 5.82 Å². The number of nitrogens with two attached hydrogens (primary N) is 1. The maximum atomic E-state index is 9.22. The van der Waals surface area contributed by atoms with Gasteiger partial charge < -0.3 is 10.5 Å². The Labute approximate surface area is 167 Å². The van der Waals surface area contributed by atoms with Crippen molar-refractivity contribution in [1.29, 1.82) is 0 Å². The molecule has 1 aliphatic rings. The van der Waals surface area contributed by atoms with E-state index in [9.17, 15) is 4.79 Å². The van der Waals surface area contributed by atoms with Crippen LogP contribution in [-0.4, -0.2) is 33.5 Å².